The highest BCUT2D eigenvalue weighted by atomic mass is 79.9. The first-order valence-corrected chi connectivity index (χ1v) is 7.81. The van der Waals surface area contributed by atoms with E-state index in [9.17, 15) is 9.90 Å². The maximum atomic E-state index is 12.1. The molecule has 1 N–H and O–H groups in total. The second kappa shape index (κ2) is 8.14. The Morgan fingerprint density at radius 2 is 1.95 bits per heavy atom. The number of hydrogen-bond acceptors (Lipinski definition) is 3. The Labute approximate surface area is 140 Å². The molecule has 0 aliphatic heterocycles. The van der Waals surface area contributed by atoms with Crippen molar-refractivity contribution in [3.05, 3.63) is 57.3 Å². The fourth-order valence-electron chi connectivity index (χ4n) is 1.99. The minimum absolute atomic E-state index is 0.479. The Balaban J connectivity index is 3.31. The molecule has 22 heavy (non-hydrogen) atoms. The molecule has 3 nitrogen and oxygen atoms in total. The van der Waals surface area contributed by atoms with Gasteiger partial charge in [-0.1, -0.05) is 41.1 Å². The summed E-state index contributed by atoms with van der Waals surface area (Å²) >= 11 is 3.37. The predicted octanol–water partition coefficient (Wildman–Crippen LogP) is 4.27. The zero-order chi connectivity index (χ0) is 16.8. The van der Waals surface area contributed by atoms with E-state index in [2.05, 4.69) is 21.7 Å². The molecule has 4 heteroatoms. The van der Waals surface area contributed by atoms with E-state index in [-0.39, 0.29) is 0 Å². The Hall–Kier alpha value is -1.61. The molecule has 118 valence electrons. The fraction of sp³-hybridized carbons (Fsp3) is 0.333. The number of rotatable bonds is 5. The van der Waals surface area contributed by atoms with Crippen LogP contribution in [0.1, 0.15) is 32.8 Å². The lowest BCUT2D eigenvalue weighted by Gasteiger charge is -2.23. The molecule has 0 aliphatic rings. The summed E-state index contributed by atoms with van der Waals surface area (Å²) in [5.41, 5.74) is 3.48. The van der Waals surface area contributed by atoms with Crippen LogP contribution in [0.4, 0.5) is 0 Å². The van der Waals surface area contributed by atoms with E-state index in [0.717, 1.165) is 15.6 Å². The molecule has 0 radical (unpaired) electrons. The minimum atomic E-state index is -1.81. The highest BCUT2D eigenvalue weighted by molar-refractivity contribution is 9.10. The number of esters is 1. The van der Waals surface area contributed by atoms with Crippen LogP contribution in [0.25, 0.3) is 6.08 Å². The van der Waals surface area contributed by atoms with Crippen molar-refractivity contribution in [1.82, 2.24) is 0 Å². The van der Waals surface area contributed by atoms with Gasteiger partial charge in [0.05, 0.1) is 7.11 Å². The van der Waals surface area contributed by atoms with E-state index < -0.39 is 11.6 Å². The smallest absolute Gasteiger partial charge is 0.347 e. The summed E-state index contributed by atoms with van der Waals surface area (Å²) in [7, 11) is 1.26. The van der Waals surface area contributed by atoms with Gasteiger partial charge in [0.1, 0.15) is 0 Å². The van der Waals surface area contributed by atoms with Gasteiger partial charge in [-0.25, -0.2) is 4.79 Å². The maximum Gasteiger partial charge on any atom is 0.347 e. The quantitative estimate of drug-likeness (QED) is 0.626. The normalized spacial score (nSPS) is 13.4. The minimum Gasteiger partial charge on any atom is -0.466 e. The largest absolute Gasteiger partial charge is 0.466 e. The highest BCUT2D eigenvalue weighted by Gasteiger charge is 2.38. The molecular formula is C18H21BrO3. The number of benzene rings is 1. The molecular weight excluding hydrogens is 344 g/mol. The molecule has 0 aromatic heterocycles. The first kappa shape index (κ1) is 18.4. The summed E-state index contributed by atoms with van der Waals surface area (Å²) in [5.74, 6) is -0.716. The first-order chi connectivity index (χ1) is 10.3. The molecule has 1 rings (SSSR count). The highest BCUT2D eigenvalue weighted by Crippen LogP contribution is 2.25. The van der Waals surface area contributed by atoms with Crippen molar-refractivity contribution in [2.75, 3.05) is 7.11 Å². The van der Waals surface area contributed by atoms with Crippen LogP contribution in [0.3, 0.4) is 0 Å². The van der Waals surface area contributed by atoms with Crippen LogP contribution in [0.15, 0.2) is 51.7 Å². The zero-order valence-electron chi connectivity index (χ0n) is 13.3. The molecule has 0 spiro atoms. The molecule has 0 heterocycles. The molecule has 1 aromatic rings. The average molecular weight is 365 g/mol. The van der Waals surface area contributed by atoms with Crippen LogP contribution in [-0.2, 0) is 9.53 Å². The van der Waals surface area contributed by atoms with Gasteiger partial charge in [-0.3, -0.25) is 0 Å². The van der Waals surface area contributed by atoms with E-state index in [1.165, 1.54) is 13.2 Å². The molecule has 1 atom stereocenters. The third-order valence-corrected chi connectivity index (χ3v) is 3.63. The lowest BCUT2D eigenvalue weighted by atomic mass is 9.90. The standard InChI is InChI=1S/C18H21BrO3/c1-5-15(12-13(2)3)18(21,17(20)22-4)11-10-14-6-8-16(19)9-7-14/h6-11,21H,5H2,1-4H3/b11-10+/t18-/m1/s1. The van der Waals surface area contributed by atoms with Gasteiger partial charge >= 0.3 is 5.97 Å². The van der Waals surface area contributed by atoms with Gasteiger partial charge in [0.15, 0.2) is 0 Å². The third kappa shape index (κ3) is 4.70. The first-order valence-electron chi connectivity index (χ1n) is 7.02. The van der Waals surface area contributed by atoms with Crippen molar-refractivity contribution in [2.45, 2.75) is 32.8 Å². The van der Waals surface area contributed by atoms with Crippen LogP contribution in [0.5, 0.6) is 0 Å². The molecule has 0 amide bonds. The van der Waals surface area contributed by atoms with Crippen LogP contribution < -0.4 is 0 Å². The third-order valence-electron chi connectivity index (χ3n) is 3.10. The molecule has 0 saturated carbocycles. The van der Waals surface area contributed by atoms with Crippen molar-refractivity contribution in [1.29, 1.82) is 0 Å². The molecule has 0 unspecified atom stereocenters. The molecule has 0 saturated heterocycles. The van der Waals surface area contributed by atoms with E-state index in [4.69, 9.17) is 4.74 Å². The molecule has 0 aliphatic carbocycles. The van der Waals surface area contributed by atoms with Crippen molar-refractivity contribution in [2.24, 2.45) is 0 Å². The Bertz CT molecular complexity index is 618. The Morgan fingerprint density at radius 3 is 2.41 bits per heavy atom. The van der Waals surface area contributed by atoms with Gasteiger partial charge in [-0.2, -0.15) is 0 Å². The van der Waals surface area contributed by atoms with Crippen LogP contribution in [0.2, 0.25) is 0 Å². The van der Waals surface area contributed by atoms with E-state index in [1.54, 1.807) is 6.08 Å². The van der Waals surface area contributed by atoms with Gasteiger partial charge in [0.25, 0.3) is 0 Å². The van der Waals surface area contributed by atoms with Crippen LogP contribution in [-0.4, -0.2) is 23.8 Å². The topological polar surface area (TPSA) is 46.5 Å². The average Bonchev–Trinajstić information content (AvgIpc) is 2.50. The van der Waals surface area contributed by atoms with Crippen molar-refractivity contribution >= 4 is 28.0 Å². The number of halogens is 1. The predicted molar refractivity (Wildman–Crippen MR) is 92.3 cm³/mol. The van der Waals surface area contributed by atoms with Crippen LogP contribution in [0, 0.1) is 0 Å². The van der Waals surface area contributed by atoms with E-state index in [1.807, 2.05) is 45.0 Å². The summed E-state index contributed by atoms with van der Waals surface area (Å²) < 4.78 is 5.73. The SMILES string of the molecule is CCC(=C=C(C)C)[C@](O)(/C=C/c1ccc(Br)cc1)C(=O)OC. The number of aliphatic hydroxyl groups is 1. The Kier molecular flexibility index (Phi) is 6.82. The number of carbonyl (C=O) groups is 1. The van der Waals surface area contributed by atoms with Gasteiger partial charge in [-0.15, -0.1) is 5.73 Å². The van der Waals surface area contributed by atoms with Gasteiger partial charge in [0, 0.05) is 10.0 Å². The lowest BCUT2D eigenvalue weighted by Crippen LogP contribution is -2.39. The number of hydrogen-bond donors (Lipinski definition) is 1. The molecule has 0 fully saturated rings. The fourth-order valence-corrected chi connectivity index (χ4v) is 2.26. The van der Waals surface area contributed by atoms with Gasteiger partial charge in [-0.05, 0) is 49.6 Å². The van der Waals surface area contributed by atoms with E-state index >= 15 is 0 Å². The monoisotopic (exact) mass is 364 g/mol. The van der Waals surface area contributed by atoms with Crippen molar-refractivity contribution in [3.8, 4) is 0 Å². The lowest BCUT2D eigenvalue weighted by molar-refractivity contribution is -0.154. The van der Waals surface area contributed by atoms with Crippen molar-refractivity contribution in [3.63, 3.8) is 0 Å². The molecule has 0 bridgehead atoms. The summed E-state index contributed by atoms with van der Waals surface area (Å²) in [5, 5.41) is 10.8. The number of carbonyl (C=O) groups excluding carboxylic acids is 1. The number of methoxy groups -OCH3 is 1. The molecule has 1 aromatic carbocycles. The summed E-state index contributed by atoms with van der Waals surface area (Å²) in [4.78, 5) is 12.1. The Morgan fingerprint density at radius 1 is 1.36 bits per heavy atom. The van der Waals surface area contributed by atoms with Crippen molar-refractivity contribution < 1.29 is 14.6 Å². The summed E-state index contributed by atoms with van der Waals surface area (Å²) in [6, 6.07) is 7.55. The number of ether oxygens (including phenoxy) is 1. The maximum absolute atomic E-state index is 12.1. The second-order valence-electron chi connectivity index (χ2n) is 5.10. The van der Waals surface area contributed by atoms with Gasteiger partial charge < -0.3 is 9.84 Å². The zero-order valence-corrected chi connectivity index (χ0v) is 14.9. The summed E-state index contributed by atoms with van der Waals surface area (Å²) in [6.07, 6.45) is 3.64. The summed E-state index contributed by atoms with van der Waals surface area (Å²) in [6.45, 7) is 5.60. The van der Waals surface area contributed by atoms with Crippen LogP contribution >= 0.6 is 15.9 Å². The van der Waals surface area contributed by atoms with E-state index in [0.29, 0.717) is 12.0 Å². The van der Waals surface area contributed by atoms with Gasteiger partial charge in [0.2, 0.25) is 5.60 Å². The second-order valence-corrected chi connectivity index (χ2v) is 6.02.